The molecule has 0 amide bonds. The maximum Gasteiger partial charge on any atom is 0.268 e. The molecule has 2 fully saturated rings. The summed E-state index contributed by atoms with van der Waals surface area (Å²) in [5, 5.41) is 0. The summed E-state index contributed by atoms with van der Waals surface area (Å²) in [5.74, 6) is 0. The lowest BCUT2D eigenvalue weighted by Crippen LogP contribution is -2.35. The van der Waals surface area contributed by atoms with Crippen LogP contribution in [0.25, 0.3) is 0 Å². The van der Waals surface area contributed by atoms with Crippen molar-refractivity contribution in [2.75, 3.05) is 26.4 Å². The van der Waals surface area contributed by atoms with Gasteiger partial charge in [-0.2, -0.15) is 0 Å². The van der Waals surface area contributed by atoms with Gasteiger partial charge in [-0.1, -0.05) is 18.6 Å². The van der Waals surface area contributed by atoms with Crippen LogP contribution in [0.1, 0.15) is 25.7 Å². The lowest BCUT2D eigenvalue weighted by Gasteiger charge is -2.31. The molecule has 1 saturated carbocycles. The van der Waals surface area contributed by atoms with Gasteiger partial charge in [-0.15, -0.1) is 6.58 Å². The molecule has 0 bridgehead atoms. The average Bonchev–Trinajstić information content (AvgIpc) is 3.18. The summed E-state index contributed by atoms with van der Waals surface area (Å²) in [4.78, 5) is 12.2. The van der Waals surface area contributed by atoms with E-state index in [0.717, 1.165) is 25.7 Å². The normalized spacial score (nSPS) is 29.4. The van der Waals surface area contributed by atoms with Crippen LogP contribution in [0.5, 0.6) is 0 Å². The molecular weight excluding hydrogens is 369 g/mol. The van der Waals surface area contributed by atoms with E-state index in [1.54, 1.807) is 6.08 Å². The van der Waals surface area contributed by atoms with Gasteiger partial charge in [0.05, 0.1) is 32.0 Å². The summed E-state index contributed by atoms with van der Waals surface area (Å²) >= 11 is 0. The van der Waals surface area contributed by atoms with Crippen LogP contribution in [0.4, 0.5) is 0 Å². The van der Waals surface area contributed by atoms with E-state index in [0.29, 0.717) is 19.8 Å². The zero-order valence-electron chi connectivity index (χ0n) is 15.5. The lowest BCUT2D eigenvalue weighted by atomic mass is 9.82. The van der Waals surface area contributed by atoms with E-state index < -0.39 is 7.82 Å². The predicted octanol–water partition coefficient (Wildman–Crippen LogP) is 2.01. The van der Waals surface area contributed by atoms with Gasteiger partial charge in [0.15, 0.2) is 18.9 Å². The minimum absolute atomic E-state index is 0.0229. The first-order valence-corrected chi connectivity index (χ1v) is 10.9. The predicted molar refractivity (Wildman–Crippen MR) is 96.7 cm³/mol. The van der Waals surface area contributed by atoms with Gasteiger partial charge in [0.25, 0.3) is 7.82 Å². The second kappa shape index (κ2) is 9.41. The Labute approximate surface area is 160 Å². The summed E-state index contributed by atoms with van der Waals surface area (Å²) in [5.41, 5.74) is -0.264. The molecule has 0 spiro atoms. The van der Waals surface area contributed by atoms with Crippen molar-refractivity contribution in [3.63, 3.8) is 0 Å². The SMILES string of the molecule is C=CCOC[C@H]1C[C@]2(COP(=O)([O-])OCC[n+]3ccccc3)CCC[C@@H]2O1. The van der Waals surface area contributed by atoms with Gasteiger partial charge in [-0.25, -0.2) is 4.57 Å². The van der Waals surface area contributed by atoms with Gasteiger partial charge >= 0.3 is 0 Å². The molecule has 1 saturated heterocycles. The Balaban J connectivity index is 1.46. The minimum atomic E-state index is -4.35. The van der Waals surface area contributed by atoms with Gasteiger partial charge in [0.1, 0.15) is 6.61 Å². The highest BCUT2D eigenvalue weighted by atomic mass is 31.2. The largest absolute Gasteiger partial charge is 0.756 e. The Bertz CT molecular complexity index is 657. The highest BCUT2D eigenvalue weighted by molar-refractivity contribution is 7.45. The topological polar surface area (TPSA) is 80.9 Å². The van der Waals surface area contributed by atoms with E-state index in [-0.39, 0.29) is 30.8 Å². The van der Waals surface area contributed by atoms with Crippen molar-refractivity contribution in [1.29, 1.82) is 0 Å². The third-order valence-corrected chi connectivity index (χ3v) is 6.18. The smallest absolute Gasteiger partial charge is 0.268 e. The summed E-state index contributed by atoms with van der Waals surface area (Å²) in [6.45, 7) is 5.19. The zero-order chi connectivity index (χ0) is 19.2. The Morgan fingerprint density at radius 2 is 2.15 bits per heavy atom. The van der Waals surface area contributed by atoms with Crippen molar-refractivity contribution in [1.82, 2.24) is 0 Å². The van der Waals surface area contributed by atoms with E-state index in [2.05, 4.69) is 6.58 Å². The number of fused-ring (bicyclic) bond motifs is 1. The van der Waals surface area contributed by atoms with Crippen LogP contribution in [-0.4, -0.2) is 38.6 Å². The molecule has 1 aliphatic heterocycles. The van der Waals surface area contributed by atoms with E-state index in [1.165, 1.54) is 0 Å². The first-order valence-electron chi connectivity index (χ1n) is 9.41. The van der Waals surface area contributed by atoms with Crippen molar-refractivity contribution in [2.45, 2.75) is 44.4 Å². The molecule has 1 aromatic heterocycles. The fraction of sp³-hybridized carbons (Fsp3) is 0.632. The molecule has 7 nitrogen and oxygen atoms in total. The molecule has 2 heterocycles. The van der Waals surface area contributed by atoms with Gasteiger partial charge in [0, 0.05) is 17.5 Å². The number of aromatic nitrogens is 1. The number of rotatable bonds is 11. The van der Waals surface area contributed by atoms with E-state index in [1.807, 2.05) is 35.2 Å². The third kappa shape index (κ3) is 5.70. The molecule has 0 N–H and O–H groups in total. The molecule has 1 aromatic rings. The Morgan fingerprint density at radius 3 is 2.93 bits per heavy atom. The van der Waals surface area contributed by atoms with Crippen molar-refractivity contribution in [2.24, 2.45) is 5.41 Å². The van der Waals surface area contributed by atoms with Gasteiger partial charge < -0.3 is 23.4 Å². The Hall–Kier alpha value is -1.08. The fourth-order valence-electron chi connectivity index (χ4n) is 3.98. The zero-order valence-corrected chi connectivity index (χ0v) is 16.4. The van der Waals surface area contributed by atoms with Crippen molar-refractivity contribution in [3.05, 3.63) is 43.2 Å². The second-order valence-electron chi connectivity index (χ2n) is 7.20. The highest BCUT2D eigenvalue weighted by Crippen LogP contribution is 2.52. The van der Waals surface area contributed by atoms with Crippen LogP contribution < -0.4 is 9.46 Å². The third-order valence-electron chi connectivity index (χ3n) is 5.24. The van der Waals surface area contributed by atoms with Crippen LogP contribution in [-0.2, 0) is 29.6 Å². The standard InChI is InChI=1S/C19H28NO6P/c1-2-12-23-15-17-14-19(8-6-7-18(19)26-17)16-25-27(21,22)24-13-11-20-9-4-3-5-10-20/h2-5,9-10,17-18H,1,6-8,11-16H2/t17-,18+,19+/m1/s1. The number of pyridine rings is 1. The molecule has 3 rings (SSSR count). The van der Waals surface area contributed by atoms with Gasteiger partial charge in [-0.3, -0.25) is 4.57 Å². The summed E-state index contributed by atoms with van der Waals surface area (Å²) in [6, 6.07) is 5.65. The highest BCUT2D eigenvalue weighted by Gasteiger charge is 2.51. The van der Waals surface area contributed by atoms with Gasteiger partial charge in [0.2, 0.25) is 0 Å². The van der Waals surface area contributed by atoms with Crippen molar-refractivity contribution in [3.8, 4) is 0 Å². The molecule has 0 aromatic carbocycles. The van der Waals surface area contributed by atoms with E-state index >= 15 is 0 Å². The van der Waals surface area contributed by atoms with Crippen LogP contribution in [0.2, 0.25) is 0 Å². The average molecular weight is 397 g/mol. The summed E-state index contributed by atoms with van der Waals surface area (Å²) < 4.78 is 35.8. The number of hydrogen-bond donors (Lipinski definition) is 0. The quantitative estimate of drug-likeness (QED) is 0.246. The molecule has 1 aliphatic carbocycles. The fourth-order valence-corrected chi connectivity index (χ4v) is 4.77. The molecule has 4 atom stereocenters. The first-order chi connectivity index (χ1) is 13.0. The summed E-state index contributed by atoms with van der Waals surface area (Å²) in [7, 11) is -4.35. The Kier molecular flexibility index (Phi) is 7.20. The molecule has 8 heteroatoms. The maximum absolute atomic E-state index is 12.2. The number of phosphoric ester groups is 1. The number of phosphoric acid groups is 1. The number of ether oxygens (including phenoxy) is 2. The molecule has 150 valence electrons. The minimum Gasteiger partial charge on any atom is -0.756 e. The van der Waals surface area contributed by atoms with Crippen molar-refractivity contribution >= 4 is 7.82 Å². The van der Waals surface area contributed by atoms with Gasteiger partial charge in [-0.05, 0) is 19.3 Å². The van der Waals surface area contributed by atoms with Crippen LogP contribution in [0.3, 0.4) is 0 Å². The molecule has 27 heavy (non-hydrogen) atoms. The molecule has 0 radical (unpaired) electrons. The maximum atomic E-state index is 12.2. The Morgan fingerprint density at radius 1 is 1.33 bits per heavy atom. The van der Waals surface area contributed by atoms with E-state index in [4.69, 9.17) is 18.5 Å². The number of hydrogen-bond acceptors (Lipinski definition) is 6. The molecule has 2 aliphatic rings. The summed E-state index contributed by atoms with van der Waals surface area (Å²) in [6.07, 6.45) is 8.99. The molecular formula is C19H28NO6P. The molecule has 1 unspecified atom stereocenters. The van der Waals surface area contributed by atoms with Crippen LogP contribution >= 0.6 is 7.82 Å². The lowest BCUT2D eigenvalue weighted by molar-refractivity contribution is -0.697. The number of nitrogens with zero attached hydrogens (tertiary/aromatic N) is 1. The van der Waals surface area contributed by atoms with Crippen molar-refractivity contribution < 1.29 is 32.5 Å². The monoisotopic (exact) mass is 397 g/mol. The van der Waals surface area contributed by atoms with Crippen LogP contribution in [0, 0.1) is 5.41 Å². The first kappa shape index (κ1) is 20.6. The second-order valence-corrected chi connectivity index (χ2v) is 8.61. The van der Waals surface area contributed by atoms with E-state index in [9.17, 15) is 9.46 Å². The van der Waals surface area contributed by atoms with Crippen LogP contribution in [0.15, 0.2) is 43.2 Å².